The highest BCUT2D eigenvalue weighted by atomic mass is 32.1. The normalized spacial score (nSPS) is 13.2. The van der Waals surface area contributed by atoms with Gasteiger partial charge in [-0.05, 0) is 20.0 Å². The maximum Gasteiger partial charge on any atom is 0.0897 e. The highest BCUT2D eigenvalue weighted by Crippen LogP contribution is 2.10. The molecule has 0 bridgehead atoms. The fourth-order valence-electron chi connectivity index (χ4n) is 1.69. The molecule has 5 heteroatoms. The fourth-order valence-corrected chi connectivity index (χ4v) is 2.46. The second-order valence-electron chi connectivity index (χ2n) is 4.12. The first kappa shape index (κ1) is 14.6. The van der Waals surface area contributed by atoms with E-state index >= 15 is 0 Å². The van der Waals surface area contributed by atoms with E-state index < -0.39 is 0 Å². The Morgan fingerprint density at radius 1 is 1.47 bits per heavy atom. The lowest BCUT2D eigenvalue weighted by Gasteiger charge is -2.21. The lowest BCUT2D eigenvalue weighted by atomic mass is 10.3. The van der Waals surface area contributed by atoms with Gasteiger partial charge in [0, 0.05) is 30.7 Å². The van der Waals surface area contributed by atoms with E-state index in [0.29, 0.717) is 6.54 Å². The Labute approximate surface area is 108 Å². The van der Waals surface area contributed by atoms with Crippen molar-refractivity contribution in [3.8, 4) is 0 Å². The van der Waals surface area contributed by atoms with Crippen LogP contribution in [0.25, 0.3) is 0 Å². The predicted molar refractivity (Wildman–Crippen MR) is 72.4 cm³/mol. The van der Waals surface area contributed by atoms with Gasteiger partial charge in [-0.15, -0.1) is 11.3 Å². The molecule has 1 atom stereocenters. The number of aliphatic hydroxyl groups is 1. The summed E-state index contributed by atoms with van der Waals surface area (Å²) in [6.45, 7) is 10.4. The van der Waals surface area contributed by atoms with Crippen molar-refractivity contribution in [2.75, 3.05) is 26.2 Å². The third kappa shape index (κ3) is 5.59. The number of thiazole rings is 1. The molecule has 0 aliphatic rings. The van der Waals surface area contributed by atoms with Gasteiger partial charge in [-0.2, -0.15) is 0 Å². The molecule has 0 radical (unpaired) electrons. The van der Waals surface area contributed by atoms with Gasteiger partial charge < -0.3 is 15.3 Å². The highest BCUT2D eigenvalue weighted by molar-refractivity contribution is 7.11. The van der Waals surface area contributed by atoms with E-state index in [2.05, 4.69) is 29.0 Å². The van der Waals surface area contributed by atoms with Crippen LogP contribution in [-0.4, -0.2) is 47.3 Å². The molecular formula is C12H23N3OS. The summed E-state index contributed by atoms with van der Waals surface area (Å²) in [5.41, 5.74) is 0. The van der Waals surface area contributed by atoms with Gasteiger partial charge in [0.2, 0.25) is 0 Å². The molecule has 0 amide bonds. The largest absolute Gasteiger partial charge is 0.390 e. The van der Waals surface area contributed by atoms with Crippen LogP contribution in [-0.2, 0) is 6.54 Å². The maximum atomic E-state index is 9.85. The smallest absolute Gasteiger partial charge is 0.0897 e. The van der Waals surface area contributed by atoms with Crippen LogP contribution in [0.3, 0.4) is 0 Å². The monoisotopic (exact) mass is 257 g/mol. The molecule has 1 heterocycles. The Morgan fingerprint density at radius 2 is 2.18 bits per heavy atom. The Kier molecular flexibility index (Phi) is 6.65. The summed E-state index contributed by atoms with van der Waals surface area (Å²) in [5.74, 6) is 0. The number of nitrogens with one attached hydrogen (secondary N) is 1. The van der Waals surface area contributed by atoms with E-state index in [1.54, 1.807) is 11.3 Å². The molecule has 1 rings (SSSR count). The van der Waals surface area contributed by atoms with E-state index in [1.165, 1.54) is 4.88 Å². The van der Waals surface area contributed by atoms with Crippen LogP contribution < -0.4 is 5.32 Å². The quantitative estimate of drug-likeness (QED) is 0.736. The fraction of sp³-hybridized carbons (Fsp3) is 0.750. The Balaban J connectivity index is 2.17. The van der Waals surface area contributed by atoms with E-state index in [1.807, 2.05) is 13.1 Å². The number of hydrogen-bond acceptors (Lipinski definition) is 5. The number of likely N-dealkylation sites (N-methyl/N-ethyl adjacent to an activating group) is 1. The van der Waals surface area contributed by atoms with E-state index in [9.17, 15) is 5.11 Å². The average Bonchev–Trinajstić information content (AvgIpc) is 2.72. The molecule has 0 saturated carbocycles. The summed E-state index contributed by atoms with van der Waals surface area (Å²) >= 11 is 1.70. The number of rotatable bonds is 8. The molecule has 17 heavy (non-hydrogen) atoms. The molecule has 1 aromatic rings. The van der Waals surface area contributed by atoms with Crippen molar-refractivity contribution in [3.05, 3.63) is 16.1 Å². The summed E-state index contributed by atoms with van der Waals surface area (Å²) in [4.78, 5) is 7.64. The van der Waals surface area contributed by atoms with Gasteiger partial charge in [0.15, 0.2) is 0 Å². The number of aryl methyl sites for hydroxylation is 1. The first-order chi connectivity index (χ1) is 8.15. The van der Waals surface area contributed by atoms with Gasteiger partial charge in [-0.1, -0.05) is 13.8 Å². The first-order valence-electron chi connectivity index (χ1n) is 6.18. The topological polar surface area (TPSA) is 48.4 Å². The maximum absolute atomic E-state index is 9.85. The van der Waals surface area contributed by atoms with Gasteiger partial charge in [0.05, 0.1) is 11.1 Å². The molecule has 0 saturated heterocycles. The summed E-state index contributed by atoms with van der Waals surface area (Å²) < 4.78 is 0. The van der Waals surface area contributed by atoms with Crippen LogP contribution in [0.15, 0.2) is 6.20 Å². The average molecular weight is 257 g/mol. The molecule has 1 unspecified atom stereocenters. The third-order valence-electron chi connectivity index (χ3n) is 2.71. The number of aliphatic hydroxyl groups excluding tert-OH is 1. The van der Waals surface area contributed by atoms with Crippen molar-refractivity contribution in [3.63, 3.8) is 0 Å². The summed E-state index contributed by atoms with van der Waals surface area (Å²) in [5, 5.41) is 14.2. The Hall–Kier alpha value is -0.490. The lowest BCUT2D eigenvalue weighted by molar-refractivity contribution is 0.116. The zero-order valence-electron chi connectivity index (χ0n) is 10.9. The minimum atomic E-state index is -0.302. The van der Waals surface area contributed by atoms with Crippen LogP contribution in [0, 0.1) is 6.92 Å². The number of aromatic nitrogens is 1. The van der Waals surface area contributed by atoms with Crippen molar-refractivity contribution in [1.29, 1.82) is 0 Å². The lowest BCUT2D eigenvalue weighted by Crippen LogP contribution is -2.38. The van der Waals surface area contributed by atoms with Crippen molar-refractivity contribution in [1.82, 2.24) is 15.2 Å². The van der Waals surface area contributed by atoms with Gasteiger partial charge in [0.25, 0.3) is 0 Å². The van der Waals surface area contributed by atoms with Gasteiger partial charge in [0.1, 0.15) is 0 Å². The van der Waals surface area contributed by atoms with Crippen LogP contribution in [0.2, 0.25) is 0 Å². The van der Waals surface area contributed by atoms with Gasteiger partial charge in [-0.3, -0.25) is 0 Å². The number of nitrogens with zero attached hydrogens (tertiary/aromatic N) is 2. The standard InChI is InChI=1S/C12H23N3OS/c1-4-15(5-2)9-11(16)6-13-7-12-8-14-10(3)17-12/h8,11,13,16H,4-7,9H2,1-3H3. The zero-order chi connectivity index (χ0) is 12.7. The van der Waals surface area contributed by atoms with Crippen LogP contribution in [0.4, 0.5) is 0 Å². The molecular weight excluding hydrogens is 234 g/mol. The molecule has 0 aliphatic carbocycles. The van der Waals surface area contributed by atoms with E-state index in [4.69, 9.17) is 0 Å². The summed E-state index contributed by atoms with van der Waals surface area (Å²) in [6.07, 6.45) is 1.59. The second-order valence-corrected chi connectivity index (χ2v) is 5.44. The third-order valence-corrected chi connectivity index (χ3v) is 3.62. The van der Waals surface area contributed by atoms with E-state index in [-0.39, 0.29) is 6.10 Å². The Morgan fingerprint density at radius 3 is 2.71 bits per heavy atom. The summed E-state index contributed by atoms with van der Waals surface area (Å²) in [7, 11) is 0. The van der Waals surface area contributed by atoms with Crippen molar-refractivity contribution < 1.29 is 5.11 Å². The Bertz CT molecular complexity index is 312. The van der Waals surface area contributed by atoms with Crippen molar-refractivity contribution in [2.45, 2.75) is 33.4 Å². The molecule has 0 fully saturated rings. The van der Waals surface area contributed by atoms with E-state index in [0.717, 1.165) is 31.2 Å². The van der Waals surface area contributed by atoms with Crippen LogP contribution in [0.1, 0.15) is 23.7 Å². The number of hydrogen-bond donors (Lipinski definition) is 2. The van der Waals surface area contributed by atoms with Crippen LogP contribution >= 0.6 is 11.3 Å². The summed E-state index contributed by atoms with van der Waals surface area (Å²) in [6, 6.07) is 0. The SMILES string of the molecule is CCN(CC)CC(O)CNCc1cnc(C)s1. The minimum absolute atomic E-state index is 0.302. The predicted octanol–water partition coefficient (Wildman–Crippen LogP) is 1.24. The molecule has 0 aromatic carbocycles. The molecule has 0 aliphatic heterocycles. The van der Waals surface area contributed by atoms with Crippen molar-refractivity contribution in [2.24, 2.45) is 0 Å². The van der Waals surface area contributed by atoms with Crippen molar-refractivity contribution >= 4 is 11.3 Å². The molecule has 2 N–H and O–H groups in total. The molecule has 0 spiro atoms. The highest BCUT2D eigenvalue weighted by Gasteiger charge is 2.08. The van der Waals surface area contributed by atoms with Crippen LogP contribution in [0.5, 0.6) is 0 Å². The minimum Gasteiger partial charge on any atom is -0.390 e. The van der Waals surface area contributed by atoms with Gasteiger partial charge in [-0.25, -0.2) is 4.98 Å². The molecule has 4 nitrogen and oxygen atoms in total. The first-order valence-corrected chi connectivity index (χ1v) is 6.99. The molecule has 1 aromatic heterocycles. The molecule has 98 valence electrons. The second kappa shape index (κ2) is 7.76. The zero-order valence-corrected chi connectivity index (χ0v) is 11.8. The van der Waals surface area contributed by atoms with Gasteiger partial charge >= 0.3 is 0 Å².